The van der Waals surface area contributed by atoms with Gasteiger partial charge in [0.15, 0.2) is 0 Å². The first-order valence-corrected chi connectivity index (χ1v) is 7.77. The third kappa shape index (κ3) is 2.61. The maximum Gasteiger partial charge on any atom is 0.100 e. The van der Waals surface area contributed by atoms with Crippen LogP contribution < -0.4 is 5.32 Å². The van der Waals surface area contributed by atoms with Gasteiger partial charge in [0, 0.05) is 11.0 Å². The van der Waals surface area contributed by atoms with Crippen LogP contribution in [0, 0.1) is 13.8 Å². The summed E-state index contributed by atoms with van der Waals surface area (Å²) >= 11 is 3.57. The maximum absolute atomic E-state index is 4.56. The van der Waals surface area contributed by atoms with E-state index in [4.69, 9.17) is 0 Å². The second kappa shape index (κ2) is 5.62. The van der Waals surface area contributed by atoms with E-state index in [2.05, 4.69) is 75.0 Å². The van der Waals surface area contributed by atoms with E-state index in [1.807, 2.05) is 13.4 Å². The quantitative estimate of drug-likeness (QED) is 0.774. The average Bonchev–Trinajstić information content (AvgIpc) is 2.84. The largest absolute Gasteiger partial charge is 0.316 e. The summed E-state index contributed by atoms with van der Waals surface area (Å²) in [6.45, 7) is 5.09. The fourth-order valence-electron chi connectivity index (χ4n) is 2.56. The molecule has 0 saturated carbocycles. The van der Waals surface area contributed by atoms with Gasteiger partial charge in [-0.3, -0.25) is 4.57 Å². The molecule has 21 heavy (non-hydrogen) atoms. The van der Waals surface area contributed by atoms with Crippen LogP contribution >= 0.6 is 15.9 Å². The van der Waals surface area contributed by atoms with Crippen LogP contribution in [0.2, 0.25) is 0 Å². The molecule has 0 amide bonds. The molecule has 0 aliphatic heterocycles. The Bertz CT molecular complexity index is 805. The van der Waals surface area contributed by atoms with Gasteiger partial charge in [-0.2, -0.15) is 0 Å². The summed E-state index contributed by atoms with van der Waals surface area (Å²) < 4.78 is 3.24. The highest BCUT2D eigenvalue weighted by Crippen LogP contribution is 2.26. The van der Waals surface area contributed by atoms with E-state index in [1.165, 1.54) is 16.7 Å². The highest BCUT2D eigenvalue weighted by atomic mass is 79.9. The smallest absolute Gasteiger partial charge is 0.100 e. The Kier molecular flexibility index (Phi) is 3.83. The van der Waals surface area contributed by atoms with Crippen LogP contribution in [0.25, 0.3) is 16.7 Å². The number of rotatable bonds is 3. The lowest BCUT2D eigenvalue weighted by atomic mass is 10.1. The molecule has 3 rings (SSSR count). The molecule has 3 nitrogen and oxygen atoms in total. The van der Waals surface area contributed by atoms with E-state index >= 15 is 0 Å². The summed E-state index contributed by atoms with van der Waals surface area (Å²) in [5.41, 5.74) is 7.15. The standard InChI is InChI=1S/C17H18BrN3/c1-11-6-15-17(7-12(11)2)21(10-20-15)16-8-14(18)5-4-13(16)9-19-3/h4-8,10,19H,9H2,1-3H3. The molecular formula is C17H18BrN3. The van der Waals surface area contributed by atoms with Crippen LogP contribution in [0.15, 0.2) is 41.1 Å². The fourth-order valence-corrected chi connectivity index (χ4v) is 2.91. The number of halogens is 1. The molecule has 1 N–H and O–H groups in total. The van der Waals surface area contributed by atoms with E-state index in [0.717, 1.165) is 27.7 Å². The minimum absolute atomic E-state index is 0.827. The molecule has 0 fully saturated rings. The number of aromatic nitrogens is 2. The van der Waals surface area contributed by atoms with Crippen molar-refractivity contribution in [1.29, 1.82) is 0 Å². The van der Waals surface area contributed by atoms with E-state index in [0.29, 0.717) is 0 Å². The van der Waals surface area contributed by atoms with Gasteiger partial charge >= 0.3 is 0 Å². The number of nitrogens with one attached hydrogen (secondary N) is 1. The van der Waals surface area contributed by atoms with Gasteiger partial charge in [-0.05, 0) is 61.9 Å². The van der Waals surface area contributed by atoms with E-state index in [9.17, 15) is 0 Å². The van der Waals surface area contributed by atoms with E-state index in [-0.39, 0.29) is 0 Å². The Labute approximate surface area is 133 Å². The number of benzene rings is 2. The number of imidazole rings is 1. The molecule has 2 aromatic carbocycles. The van der Waals surface area contributed by atoms with E-state index in [1.54, 1.807) is 0 Å². The minimum atomic E-state index is 0.827. The van der Waals surface area contributed by atoms with Crippen molar-refractivity contribution in [1.82, 2.24) is 14.9 Å². The summed E-state index contributed by atoms with van der Waals surface area (Å²) in [5.74, 6) is 0. The lowest BCUT2D eigenvalue weighted by molar-refractivity contribution is 0.809. The fraction of sp³-hybridized carbons (Fsp3) is 0.235. The van der Waals surface area contributed by atoms with Crippen molar-refractivity contribution in [2.45, 2.75) is 20.4 Å². The van der Waals surface area contributed by atoms with Crippen molar-refractivity contribution in [3.63, 3.8) is 0 Å². The summed E-state index contributed by atoms with van der Waals surface area (Å²) in [6.07, 6.45) is 1.91. The molecule has 0 saturated heterocycles. The Morgan fingerprint density at radius 2 is 1.90 bits per heavy atom. The monoisotopic (exact) mass is 343 g/mol. The Morgan fingerprint density at radius 3 is 2.67 bits per heavy atom. The Morgan fingerprint density at radius 1 is 1.14 bits per heavy atom. The molecule has 4 heteroatoms. The average molecular weight is 344 g/mol. The molecule has 0 aliphatic rings. The summed E-state index contributed by atoms with van der Waals surface area (Å²) in [6, 6.07) is 10.7. The van der Waals surface area contributed by atoms with Crippen molar-refractivity contribution < 1.29 is 0 Å². The van der Waals surface area contributed by atoms with Crippen molar-refractivity contribution >= 4 is 27.0 Å². The third-order valence-electron chi connectivity index (χ3n) is 3.84. The van der Waals surface area contributed by atoms with Gasteiger partial charge in [0.25, 0.3) is 0 Å². The molecule has 108 valence electrons. The van der Waals surface area contributed by atoms with Crippen LogP contribution in [-0.4, -0.2) is 16.6 Å². The maximum atomic E-state index is 4.56. The molecule has 0 unspecified atom stereocenters. The molecule has 0 atom stereocenters. The molecule has 0 spiro atoms. The Balaban J connectivity index is 2.25. The molecule has 1 aromatic heterocycles. The molecule has 3 aromatic rings. The predicted octanol–water partition coefficient (Wildman–Crippen LogP) is 4.12. The summed E-state index contributed by atoms with van der Waals surface area (Å²) in [5, 5.41) is 3.23. The molecule has 0 radical (unpaired) electrons. The first-order chi connectivity index (χ1) is 10.1. The van der Waals surface area contributed by atoms with Gasteiger partial charge in [0.1, 0.15) is 6.33 Å². The van der Waals surface area contributed by atoms with Gasteiger partial charge in [0.2, 0.25) is 0 Å². The van der Waals surface area contributed by atoms with Crippen LogP contribution in [-0.2, 0) is 6.54 Å². The van der Waals surface area contributed by atoms with Crippen molar-refractivity contribution in [2.75, 3.05) is 7.05 Å². The van der Waals surface area contributed by atoms with Gasteiger partial charge in [-0.25, -0.2) is 4.98 Å². The normalized spacial score (nSPS) is 11.2. The summed E-state index contributed by atoms with van der Waals surface area (Å²) in [4.78, 5) is 4.56. The number of nitrogens with zero attached hydrogens (tertiary/aromatic N) is 2. The van der Waals surface area contributed by atoms with Gasteiger partial charge in [-0.15, -0.1) is 0 Å². The minimum Gasteiger partial charge on any atom is -0.316 e. The lowest BCUT2D eigenvalue weighted by Crippen LogP contribution is -2.08. The molecular weight excluding hydrogens is 326 g/mol. The molecule has 0 aliphatic carbocycles. The first kappa shape index (κ1) is 14.3. The van der Waals surface area contributed by atoms with Gasteiger partial charge in [-0.1, -0.05) is 22.0 Å². The zero-order chi connectivity index (χ0) is 15.0. The second-order valence-corrected chi connectivity index (χ2v) is 6.26. The number of hydrogen-bond donors (Lipinski definition) is 1. The number of aryl methyl sites for hydroxylation is 2. The number of fused-ring (bicyclic) bond motifs is 1. The lowest BCUT2D eigenvalue weighted by Gasteiger charge is -2.12. The third-order valence-corrected chi connectivity index (χ3v) is 4.33. The van der Waals surface area contributed by atoms with E-state index < -0.39 is 0 Å². The molecule has 1 heterocycles. The topological polar surface area (TPSA) is 29.9 Å². The van der Waals surface area contributed by atoms with Gasteiger partial charge < -0.3 is 5.32 Å². The Hall–Kier alpha value is -1.65. The highest BCUT2D eigenvalue weighted by Gasteiger charge is 2.10. The highest BCUT2D eigenvalue weighted by molar-refractivity contribution is 9.10. The van der Waals surface area contributed by atoms with Crippen LogP contribution in [0.4, 0.5) is 0 Å². The first-order valence-electron chi connectivity index (χ1n) is 6.98. The van der Waals surface area contributed by atoms with Crippen molar-refractivity contribution in [2.24, 2.45) is 0 Å². The summed E-state index contributed by atoms with van der Waals surface area (Å²) in [7, 11) is 1.96. The number of hydrogen-bond acceptors (Lipinski definition) is 2. The van der Waals surface area contributed by atoms with Crippen molar-refractivity contribution in [3.8, 4) is 5.69 Å². The SMILES string of the molecule is CNCc1ccc(Br)cc1-n1cnc2cc(C)c(C)cc21. The van der Waals surface area contributed by atoms with Crippen LogP contribution in [0.3, 0.4) is 0 Å². The van der Waals surface area contributed by atoms with Crippen LogP contribution in [0.5, 0.6) is 0 Å². The zero-order valence-electron chi connectivity index (χ0n) is 12.4. The van der Waals surface area contributed by atoms with Crippen molar-refractivity contribution in [3.05, 3.63) is 57.8 Å². The predicted molar refractivity (Wildman–Crippen MR) is 91.0 cm³/mol. The molecule has 0 bridgehead atoms. The second-order valence-electron chi connectivity index (χ2n) is 5.34. The van der Waals surface area contributed by atoms with Crippen LogP contribution in [0.1, 0.15) is 16.7 Å². The zero-order valence-corrected chi connectivity index (χ0v) is 14.0. The van der Waals surface area contributed by atoms with Gasteiger partial charge in [0.05, 0.1) is 16.7 Å².